The van der Waals surface area contributed by atoms with Crippen LogP contribution in [0.25, 0.3) is 0 Å². The van der Waals surface area contributed by atoms with E-state index in [-0.39, 0.29) is 5.41 Å². The highest BCUT2D eigenvalue weighted by molar-refractivity contribution is 5.79. The van der Waals surface area contributed by atoms with E-state index in [9.17, 15) is 0 Å². The van der Waals surface area contributed by atoms with Gasteiger partial charge in [-0.3, -0.25) is 4.99 Å². The zero-order valence-corrected chi connectivity index (χ0v) is 16.3. The van der Waals surface area contributed by atoms with Crippen LogP contribution in [0.5, 0.6) is 0 Å². The molecule has 1 saturated carbocycles. The van der Waals surface area contributed by atoms with Gasteiger partial charge in [0.2, 0.25) is 5.89 Å². The van der Waals surface area contributed by atoms with Crippen molar-refractivity contribution in [1.29, 1.82) is 0 Å². The predicted molar refractivity (Wildman–Crippen MR) is 98.6 cm³/mol. The lowest BCUT2D eigenvalue weighted by molar-refractivity contribution is 0.138. The van der Waals surface area contributed by atoms with Gasteiger partial charge >= 0.3 is 0 Å². The van der Waals surface area contributed by atoms with Crippen LogP contribution in [0.3, 0.4) is 0 Å². The molecule has 0 aromatic carbocycles. The van der Waals surface area contributed by atoms with Gasteiger partial charge in [-0.05, 0) is 24.7 Å². The summed E-state index contributed by atoms with van der Waals surface area (Å²) in [5, 5.41) is 10.8. The Hall–Kier alpha value is -1.63. The summed E-state index contributed by atoms with van der Waals surface area (Å²) in [6.07, 6.45) is 6.19. The number of aliphatic imine (C=N–C) groups is 1. The number of methoxy groups -OCH3 is 1. The molecule has 2 rings (SSSR count). The standard InChI is InChI=1S/C18H33N5O2/c1-17(2,3)15-22-14(23-25-15)12-20-16(19-4)21-13-18(10-11-24-5)8-6-7-9-18/h6-13H2,1-5H3,(H2,19,20,21). The molecule has 2 N–H and O–H groups in total. The molecule has 1 aliphatic carbocycles. The van der Waals surface area contributed by atoms with Crippen molar-refractivity contribution < 1.29 is 9.26 Å². The Labute approximate surface area is 151 Å². The van der Waals surface area contributed by atoms with Crippen LogP contribution in [0, 0.1) is 5.41 Å². The highest BCUT2D eigenvalue weighted by atomic mass is 16.5. The largest absolute Gasteiger partial charge is 0.385 e. The van der Waals surface area contributed by atoms with Crippen LogP contribution in [0.1, 0.15) is 64.6 Å². The quantitative estimate of drug-likeness (QED) is 0.580. The van der Waals surface area contributed by atoms with E-state index >= 15 is 0 Å². The normalized spacial score (nSPS) is 17.7. The molecular formula is C18H33N5O2. The predicted octanol–water partition coefficient (Wildman–Crippen LogP) is 2.63. The van der Waals surface area contributed by atoms with Gasteiger partial charge in [-0.25, -0.2) is 0 Å². The second-order valence-corrected chi connectivity index (χ2v) is 7.99. The van der Waals surface area contributed by atoms with E-state index < -0.39 is 0 Å². The van der Waals surface area contributed by atoms with Gasteiger partial charge in [-0.2, -0.15) is 4.98 Å². The van der Waals surface area contributed by atoms with Gasteiger partial charge in [-0.1, -0.05) is 38.8 Å². The van der Waals surface area contributed by atoms with Gasteiger partial charge in [0.1, 0.15) is 0 Å². The average Bonchev–Trinajstić information content (AvgIpc) is 3.23. The maximum atomic E-state index is 5.32. The molecule has 7 heteroatoms. The highest BCUT2D eigenvalue weighted by Crippen LogP contribution is 2.40. The Kier molecular flexibility index (Phi) is 6.81. The van der Waals surface area contributed by atoms with Crippen molar-refractivity contribution >= 4 is 5.96 Å². The molecule has 0 radical (unpaired) electrons. The number of aromatic nitrogens is 2. The molecule has 1 aromatic heterocycles. The SMILES string of the molecule is CN=C(NCc1noc(C(C)(C)C)n1)NCC1(CCOC)CCCC1. The summed E-state index contributed by atoms with van der Waals surface area (Å²) < 4.78 is 10.6. The molecule has 0 unspecified atom stereocenters. The molecule has 1 aromatic rings. The van der Waals surface area contributed by atoms with Gasteiger partial charge in [0.25, 0.3) is 0 Å². The number of guanidine groups is 1. The first kappa shape index (κ1) is 19.7. The van der Waals surface area contributed by atoms with E-state index in [1.165, 1.54) is 25.7 Å². The Morgan fingerprint density at radius 3 is 2.56 bits per heavy atom. The third-order valence-corrected chi connectivity index (χ3v) is 4.88. The maximum Gasteiger partial charge on any atom is 0.232 e. The van der Waals surface area contributed by atoms with Crippen molar-refractivity contribution in [1.82, 2.24) is 20.8 Å². The van der Waals surface area contributed by atoms with Crippen LogP contribution in [0.2, 0.25) is 0 Å². The molecule has 7 nitrogen and oxygen atoms in total. The van der Waals surface area contributed by atoms with Crippen molar-refractivity contribution in [3.8, 4) is 0 Å². The lowest BCUT2D eigenvalue weighted by Crippen LogP contribution is -2.43. The monoisotopic (exact) mass is 351 g/mol. The van der Waals surface area contributed by atoms with Crippen LogP contribution >= 0.6 is 0 Å². The van der Waals surface area contributed by atoms with Crippen LogP contribution in [0.4, 0.5) is 0 Å². The summed E-state index contributed by atoms with van der Waals surface area (Å²) in [5.74, 6) is 2.06. The molecule has 0 amide bonds. The summed E-state index contributed by atoms with van der Waals surface area (Å²) in [6, 6.07) is 0. The minimum absolute atomic E-state index is 0.138. The molecule has 0 bridgehead atoms. The summed E-state index contributed by atoms with van der Waals surface area (Å²) in [7, 11) is 3.55. The number of hydrogen-bond donors (Lipinski definition) is 2. The number of nitrogens with zero attached hydrogens (tertiary/aromatic N) is 3. The number of hydrogen-bond acceptors (Lipinski definition) is 5. The van der Waals surface area contributed by atoms with Crippen molar-refractivity contribution in [2.45, 2.75) is 64.8 Å². The van der Waals surface area contributed by atoms with Crippen LogP contribution in [0.15, 0.2) is 9.52 Å². The Balaban J connectivity index is 1.85. The van der Waals surface area contributed by atoms with E-state index in [1.807, 2.05) is 0 Å². The third-order valence-electron chi connectivity index (χ3n) is 4.88. The fraction of sp³-hybridized carbons (Fsp3) is 0.833. The topological polar surface area (TPSA) is 84.6 Å². The second-order valence-electron chi connectivity index (χ2n) is 7.99. The van der Waals surface area contributed by atoms with Crippen molar-refractivity contribution in [2.75, 3.05) is 27.3 Å². The van der Waals surface area contributed by atoms with E-state index in [0.29, 0.717) is 23.7 Å². The highest BCUT2D eigenvalue weighted by Gasteiger charge is 2.33. The Morgan fingerprint density at radius 1 is 1.28 bits per heavy atom. The van der Waals surface area contributed by atoms with Crippen LogP contribution < -0.4 is 10.6 Å². The smallest absolute Gasteiger partial charge is 0.232 e. The fourth-order valence-corrected chi connectivity index (χ4v) is 3.24. The summed E-state index contributed by atoms with van der Waals surface area (Å²) in [4.78, 5) is 8.75. The second kappa shape index (κ2) is 8.65. The molecule has 1 aliphatic rings. The molecule has 25 heavy (non-hydrogen) atoms. The first-order valence-corrected chi connectivity index (χ1v) is 9.15. The van der Waals surface area contributed by atoms with Gasteiger partial charge < -0.3 is 19.9 Å². The van der Waals surface area contributed by atoms with Crippen LogP contribution in [-0.4, -0.2) is 43.4 Å². The Bertz CT molecular complexity index is 556. The average molecular weight is 351 g/mol. The molecule has 0 saturated heterocycles. The number of nitrogens with one attached hydrogen (secondary N) is 2. The lowest BCUT2D eigenvalue weighted by Gasteiger charge is -2.29. The molecule has 0 aliphatic heterocycles. The molecule has 1 heterocycles. The summed E-state index contributed by atoms with van der Waals surface area (Å²) in [5.41, 5.74) is 0.181. The van der Waals surface area contributed by atoms with E-state index in [4.69, 9.17) is 9.26 Å². The first-order chi connectivity index (χ1) is 11.9. The maximum absolute atomic E-state index is 5.32. The van der Waals surface area contributed by atoms with Crippen molar-refractivity contribution in [3.63, 3.8) is 0 Å². The molecule has 0 atom stereocenters. The van der Waals surface area contributed by atoms with Gasteiger partial charge in [0.15, 0.2) is 11.8 Å². The van der Waals surface area contributed by atoms with Gasteiger partial charge in [0.05, 0.1) is 6.54 Å². The lowest BCUT2D eigenvalue weighted by atomic mass is 9.83. The minimum Gasteiger partial charge on any atom is -0.385 e. The van der Waals surface area contributed by atoms with Crippen molar-refractivity contribution in [3.05, 3.63) is 11.7 Å². The van der Waals surface area contributed by atoms with E-state index in [1.54, 1.807) is 14.2 Å². The third kappa shape index (κ3) is 5.70. The molecule has 1 fully saturated rings. The molecule has 142 valence electrons. The zero-order chi connectivity index (χ0) is 18.3. The molecular weight excluding hydrogens is 318 g/mol. The van der Waals surface area contributed by atoms with Gasteiger partial charge in [0, 0.05) is 32.7 Å². The summed E-state index contributed by atoms with van der Waals surface area (Å²) >= 11 is 0. The fourth-order valence-electron chi connectivity index (χ4n) is 3.24. The summed E-state index contributed by atoms with van der Waals surface area (Å²) in [6.45, 7) is 8.38. The zero-order valence-electron chi connectivity index (χ0n) is 16.3. The minimum atomic E-state index is -0.138. The number of rotatable bonds is 7. The molecule has 0 spiro atoms. The van der Waals surface area contributed by atoms with E-state index in [2.05, 4.69) is 46.5 Å². The van der Waals surface area contributed by atoms with Gasteiger partial charge in [-0.15, -0.1) is 0 Å². The Morgan fingerprint density at radius 2 is 2.00 bits per heavy atom. The number of ether oxygens (including phenoxy) is 1. The van der Waals surface area contributed by atoms with Crippen molar-refractivity contribution in [2.24, 2.45) is 10.4 Å². The van der Waals surface area contributed by atoms with Crippen LogP contribution in [-0.2, 0) is 16.7 Å². The van der Waals surface area contributed by atoms with E-state index in [0.717, 1.165) is 25.5 Å². The first-order valence-electron chi connectivity index (χ1n) is 9.15.